The lowest BCUT2D eigenvalue weighted by Gasteiger charge is -2.11. The number of hydrogen-bond donors (Lipinski definition) is 1. The third-order valence-electron chi connectivity index (χ3n) is 2.98. The number of benzene rings is 1. The van der Waals surface area contributed by atoms with Gasteiger partial charge in [0.1, 0.15) is 17.8 Å². The van der Waals surface area contributed by atoms with E-state index in [9.17, 15) is 12.8 Å². The Morgan fingerprint density at radius 2 is 2.04 bits per heavy atom. The summed E-state index contributed by atoms with van der Waals surface area (Å²) in [5, 5.41) is 4.01. The van der Waals surface area contributed by atoms with Crippen molar-refractivity contribution in [2.75, 3.05) is 4.72 Å². The highest BCUT2D eigenvalue weighted by Gasteiger charge is 2.17. The monoisotopic (exact) mass is 333 g/mol. The molecule has 0 bridgehead atoms. The highest BCUT2D eigenvalue weighted by Crippen LogP contribution is 2.19. The molecule has 118 valence electrons. The van der Waals surface area contributed by atoms with Crippen molar-refractivity contribution in [2.24, 2.45) is 0 Å². The van der Waals surface area contributed by atoms with Gasteiger partial charge in [0, 0.05) is 18.0 Å². The Morgan fingerprint density at radius 3 is 2.78 bits per heavy atom. The van der Waals surface area contributed by atoms with Gasteiger partial charge in [0.2, 0.25) is 10.0 Å². The van der Waals surface area contributed by atoms with Crippen LogP contribution in [-0.2, 0) is 15.8 Å². The molecule has 0 aliphatic heterocycles. The largest absolute Gasteiger partial charge is 0.278 e. The van der Waals surface area contributed by atoms with Crippen molar-refractivity contribution in [1.82, 2.24) is 19.7 Å². The number of nitrogens with one attached hydrogen (secondary N) is 1. The molecule has 1 N–H and O–H groups in total. The molecule has 7 nitrogen and oxygen atoms in total. The average molecular weight is 333 g/mol. The summed E-state index contributed by atoms with van der Waals surface area (Å²) in [5.74, 6) is -0.788. The fraction of sp³-hybridized carbons (Fsp3) is 0.0714. The first-order valence-electron chi connectivity index (χ1n) is 6.59. The van der Waals surface area contributed by atoms with Gasteiger partial charge in [0.25, 0.3) is 0 Å². The van der Waals surface area contributed by atoms with Crippen LogP contribution in [0.4, 0.5) is 10.1 Å². The summed E-state index contributed by atoms with van der Waals surface area (Å²) in [5.41, 5.74) is 0.241. The Kier molecular flexibility index (Phi) is 4.02. The quantitative estimate of drug-likeness (QED) is 0.768. The molecule has 0 atom stereocenters. The molecule has 0 saturated carbocycles. The van der Waals surface area contributed by atoms with Crippen LogP contribution in [0, 0.1) is 5.82 Å². The maximum Gasteiger partial charge on any atom is 0.237 e. The highest BCUT2D eigenvalue weighted by molar-refractivity contribution is 7.91. The van der Waals surface area contributed by atoms with Crippen molar-refractivity contribution in [3.05, 3.63) is 66.6 Å². The SMILES string of the molecule is O=S(=O)(Cc1ccccc1F)Nc1cncnc1-n1cccn1. The fourth-order valence-electron chi connectivity index (χ4n) is 2.00. The summed E-state index contributed by atoms with van der Waals surface area (Å²) in [6.07, 6.45) is 5.77. The van der Waals surface area contributed by atoms with Gasteiger partial charge in [0.15, 0.2) is 5.82 Å². The van der Waals surface area contributed by atoms with Gasteiger partial charge in [-0.05, 0) is 12.1 Å². The molecule has 1 aromatic carbocycles. The van der Waals surface area contributed by atoms with E-state index in [-0.39, 0.29) is 17.1 Å². The maximum atomic E-state index is 13.6. The first kappa shape index (κ1) is 15.1. The van der Waals surface area contributed by atoms with Gasteiger partial charge in [-0.25, -0.2) is 27.5 Å². The van der Waals surface area contributed by atoms with Crippen LogP contribution in [0.3, 0.4) is 0 Å². The first-order valence-corrected chi connectivity index (χ1v) is 8.24. The van der Waals surface area contributed by atoms with E-state index in [1.54, 1.807) is 24.5 Å². The summed E-state index contributed by atoms with van der Waals surface area (Å²) in [4.78, 5) is 7.83. The summed E-state index contributed by atoms with van der Waals surface area (Å²) in [6, 6.07) is 7.39. The zero-order valence-electron chi connectivity index (χ0n) is 11.8. The van der Waals surface area contributed by atoms with Crippen LogP contribution < -0.4 is 4.72 Å². The molecule has 0 aliphatic carbocycles. The molecule has 0 spiro atoms. The molecule has 3 aromatic rings. The molecular weight excluding hydrogens is 321 g/mol. The van der Waals surface area contributed by atoms with E-state index in [4.69, 9.17) is 0 Å². The minimum absolute atomic E-state index is 0.0810. The van der Waals surface area contributed by atoms with Crippen LogP contribution >= 0.6 is 0 Å². The van der Waals surface area contributed by atoms with E-state index >= 15 is 0 Å². The molecule has 0 unspecified atom stereocenters. The van der Waals surface area contributed by atoms with E-state index in [2.05, 4.69) is 19.8 Å². The van der Waals surface area contributed by atoms with Gasteiger partial charge in [-0.1, -0.05) is 18.2 Å². The standard InChI is InChI=1S/C14H12FN5O2S/c15-12-5-2-1-4-11(12)9-23(21,22)19-13-8-16-10-17-14(13)20-7-3-6-18-20/h1-8,10,19H,9H2. The molecule has 0 aliphatic rings. The van der Waals surface area contributed by atoms with E-state index in [1.165, 1.54) is 35.4 Å². The number of halogens is 1. The number of aromatic nitrogens is 4. The number of hydrogen-bond acceptors (Lipinski definition) is 5. The molecular formula is C14H12FN5O2S. The lowest BCUT2D eigenvalue weighted by molar-refractivity contribution is 0.591. The topological polar surface area (TPSA) is 89.8 Å². The average Bonchev–Trinajstić information content (AvgIpc) is 3.04. The number of nitrogens with zero attached hydrogens (tertiary/aromatic N) is 4. The number of rotatable bonds is 5. The third-order valence-corrected chi connectivity index (χ3v) is 4.20. The lowest BCUT2D eigenvalue weighted by Crippen LogP contribution is -2.18. The summed E-state index contributed by atoms with van der Waals surface area (Å²) >= 11 is 0. The van der Waals surface area contributed by atoms with Crippen molar-refractivity contribution in [3.63, 3.8) is 0 Å². The Bertz CT molecular complexity index is 912. The highest BCUT2D eigenvalue weighted by atomic mass is 32.2. The fourth-order valence-corrected chi connectivity index (χ4v) is 3.19. The lowest BCUT2D eigenvalue weighted by atomic mass is 10.2. The number of anilines is 1. The predicted molar refractivity (Wildman–Crippen MR) is 81.8 cm³/mol. The van der Waals surface area contributed by atoms with Crippen LogP contribution in [0.15, 0.2) is 55.2 Å². The third kappa shape index (κ3) is 3.51. The van der Waals surface area contributed by atoms with Gasteiger partial charge in [-0.3, -0.25) is 4.72 Å². The minimum atomic E-state index is -3.83. The maximum absolute atomic E-state index is 13.6. The number of sulfonamides is 1. The van der Waals surface area contributed by atoms with Gasteiger partial charge in [-0.15, -0.1) is 0 Å². The van der Waals surface area contributed by atoms with E-state index in [1.807, 2.05) is 0 Å². The van der Waals surface area contributed by atoms with E-state index in [0.717, 1.165) is 0 Å². The summed E-state index contributed by atoms with van der Waals surface area (Å²) in [6.45, 7) is 0. The van der Waals surface area contributed by atoms with E-state index in [0.29, 0.717) is 0 Å². The van der Waals surface area contributed by atoms with Crippen LogP contribution in [0.1, 0.15) is 5.56 Å². The van der Waals surface area contributed by atoms with Crippen molar-refractivity contribution in [2.45, 2.75) is 5.75 Å². The molecule has 0 saturated heterocycles. The second-order valence-corrected chi connectivity index (χ2v) is 6.39. The molecule has 23 heavy (non-hydrogen) atoms. The molecule has 3 rings (SSSR count). The Morgan fingerprint density at radius 1 is 1.22 bits per heavy atom. The van der Waals surface area contributed by atoms with E-state index < -0.39 is 21.6 Å². The molecule has 0 radical (unpaired) electrons. The zero-order chi connectivity index (χ0) is 16.3. The summed E-state index contributed by atoms with van der Waals surface area (Å²) in [7, 11) is -3.83. The van der Waals surface area contributed by atoms with Gasteiger partial charge < -0.3 is 0 Å². The minimum Gasteiger partial charge on any atom is -0.278 e. The molecule has 0 fully saturated rings. The molecule has 9 heteroatoms. The van der Waals surface area contributed by atoms with Crippen molar-refractivity contribution < 1.29 is 12.8 Å². The molecule has 2 aromatic heterocycles. The van der Waals surface area contributed by atoms with Gasteiger partial charge in [0.05, 0.1) is 11.9 Å². The van der Waals surface area contributed by atoms with Gasteiger partial charge >= 0.3 is 0 Å². The van der Waals surface area contributed by atoms with Crippen molar-refractivity contribution >= 4 is 15.7 Å². The van der Waals surface area contributed by atoms with Crippen molar-refractivity contribution in [3.8, 4) is 5.82 Å². The second kappa shape index (κ2) is 6.13. The Balaban J connectivity index is 1.89. The van der Waals surface area contributed by atoms with Crippen molar-refractivity contribution in [1.29, 1.82) is 0 Å². The predicted octanol–water partition coefficient (Wildman–Crippen LogP) is 1.74. The zero-order valence-corrected chi connectivity index (χ0v) is 12.6. The smallest absolute Gasteiger partial charge is 0.237 e. The van der Waals surface area contributed by atoms with Gasteiger partial charge in [-0.2, -0.15) is 5.10 Å². The van der Waals surface area contributed by atoms with Crippen LogP contribution in [0.25, 0.3) is 5.82 Å². The molecule has 2 heterocycles. The van der Waals surface area contributed by atoms with Crippen LogP contribution in [0.2, 0.25) is 0 Å². The Labute approximate surface area is 131 Å². The molecule has 0 amide bonds. The second-order valence-electron chi connectivity index (χ2n) is 4.66. The summed E-state index contributed by atoms with van der Waals surface area (Å²) < 4.78 is 42.0. The Hall–Kier alpha value is -2.81. The van der Waals surface area contributed by atoms with Crippen LogP contribution in [-0.4, -0.2) is 28.2 Å². The van der Waals surface area contributed by atoms with Crippen LogP contribution in [0.5, 0.6) is 0 Å². The normalized spacial score (nSPS) is 11.3. The first-order chi connectivity index (χ1) is 11.1.